The van der Waals surface area contributed by atoms with E-state index in [4.69, 9.17) is 0 Å². The van der Waals surface area contributed by atoms with Gasteiger partial charge in [-0.25, -0.2) is 0 Å². The number of hydrogen-bond donors (Lipinski definition) is 1. The molecule has 2 aromatic rings. The summed E-state index contributed by atoms with van der Waals surface area (Å²) in [4.78, 5) is 23.1. The number of fused-ring (bicyclic) bond motifs is 1. The molecule has 1 heterocycles. The molecule has 5 nitrogen and oxygen atoms in total. The Morgan fingerprint density at radius 3 is 2.41 bits per heavy atom. The van der Waals surface area contributed by atoms with Gasteiger partial charge in [-0.2, -0.15) is 0 Å². The Morgan fingerprint density at radius 1 is 1.00 bits per heavy atom. The second-order valence-electron chi connectivity index (χ2n) is 5.49. The van der Waals surface area contributed by atoms with Gasteiger partial charge in [-0.15, -0.1) is 0 Å². The summed E-state index contributed by atoms with van der Waals surface area (Å²) in [6, 6.07) is 16.9. The van der Waals surface area contributed by atoms with Crippen LogP contribution in [0, 0.1) is 16.0 Å². The minimum atomic E-state index is -0.428. The number of nitrogens with zero attached hydrogens (tertiary/aromatic N) is 1. The van der Waals surface area contributed by atoms with E-state index in [-0.39, 0.29) is 17.4 Å². The van der Waals surface area contributed by atoms with E-state index >= 15 is 0 Å². The van der Waals surface area contributed by atoms with Gasteiger partial charge in [0.2, 0.25) is 12.5 Å². The highest BCUT2D eigenvalue weighted by Crippen LogP contribution is 2.37. The molecular weight excluding hydrogens is 280 g/mol. The number of anilines is 1. The van der Waals surface area contributed by atoms with Gasteiger partial charge in [-0.05, 0) is 23.6 Å². The Bertz CT molecular complexity index is 700. The van der Waals surface area contributed by atoms with E-state index < -0.39 is 11.8 Å². The Balaban J connectivity index is 1.96. The Kier molecular flexibility index (Phi) is 3.87. The first-order valence-corrected chi connectivity index (χ1v) is 7.20. The van der Waals surface area contributed by atoms with Gasteiger partial charge in [0.1, 0.15) is 0 Å². The number of hydrogen-bond acceptors (Lipinski definition) is 3. The van der Waals surface area contributed by atoms with Crippen molar-refractivity contribution in [2.24, 2.45) is 5.92 Å². The van der Waals surface area contributed by atoms with Gasteiger partial charge >= 0.3 is 0 Å². The highest BCUT2D eigenvalue weighted by Gasteiger charge is 2.38. The van der Waals surface area contributed by atoms with Gasteiger partial charge in [0.05, 0.1) is 11.8 Å². The number of carbonyl (C=O) groups is 1. The number of nitrogens with one attached hydrogen (secondary N) is 1. The topological polar surface area (TPSA) is 72.2 Å². The van der Waals surface area contributed by atoms with E-state index in [1.807, 2.05) is 48.5 Å². The van der Waals surface area contributed by atoms with Gasteiger partial charge in [0, 0.05) is 10.6 Å². The minimum Gasteiger partial charge on any atom is -0.326 e. The molecule has 0 saturated carbocycles. The average molecular weight is 296 g/mol. The van der Waals surface area contributed by atoms with E-state index in [9.17, 15) is 14.9 Å². The fourth-order valence-corrected chi connectivity index (χ4v) is 3.05. The van der Waals surface area contributed by atoms with Crippen LogP contribution in [0.3, 0.4) is 0 Å². The third-order valence-corrected chi connectivity index (χ3v) is 4.08. The first-order valence-electron chi connectivity index (χ1n) is 7.20. The molecule has 0 spiro atoms. The molecule has 22 heavy (non-hydrogen) atoms. The van der Waals surface area contributed by atoms with Crippen molar-refractivity contribution in [1.29, 1.82) is 0 Å². The van der Waals surface area contributed by atoms with Gasteiger partial charge in [-0.1, -0.05) is 48.5 Å². The van der Waals surface area contributed by atoms with Crippen molar-refractivity contribution < 1.29 is 9.72 Å². The smallest absolute Gasteiger partial charge is 0.228 e. The average Bonchev–Trinajstić information content (AvgIpc) is 2.51. The number of amides is 1. The maximum Gasteiger partial charge on any atom is 0.228 e. The Morgan fingerprint density at radius 2 is 1.68 bits per heavy atom. The molecule has 1 amide bonds. The maximum absolute atomic E-state index is 12.4. The molecular formula is C17H16N2O3. The van der Waals surface area contributed by atoms with Crippen molar-refractivity contribution in [3.8, 4) is 0 Å². The molecule has 0 bridgehead atoms. The molecule has 1 aliphatic heterocycles. The van der Waals surface area contributed by atoms with Crippen molar-refractivity contribution in [1.82, 2.24) is 0 Å². The van der Waals surface area contributed by atoms with Crippen molar-refractivity contribution in [3.63, 3.8) is 0 Å². The van der Waals surface area contributed by atoms with Crippen LogP contribution in [0.15, 0.2) is 54.6 Å². The SMILES string of the molecule is O=C1Nc2ccccc2[C@H](C[N+](=O)[O-])[C@@H]1Cc1ccccc1. The molecule has 2 aromatic carbocycles. The summed E-state index contributed by atoms with van der Waals surface area (Å²) in [6.45, 7) is -0.234. The largest absolute Gasteiger partial charge is 0.326 e. The molecule has 1 aliphatic rings. The summed E-state index contributed by atoms with van der Waals surface area (Å²) in [5.41, 5.74) is 2.54. The van der Waals surface area contributed by atoms with Crippen LogP contribution in [-0.2, 0) is 11.2 Å². The second kappa shape index (κ2) is 5.97. The van der Waals surface area contributed by atoms with E-state index in [2.05, 4.69) is 5.32 Å². The monoisotopic (exact) mass is 296 g/mol. The highest BCUT2D eigenvalue weighted by atomic mass is 16.6. The lowest BCUT2D eigenvalue weighted by molar-refractivity contribution is -0.484. The van der Waals surface area contributed by atoms with Gasteiger partial charge in [-0.3, -0.25) is 14.9 Å². The van der Waals surface area contributed by atoms with Crippen LogP contribution in [0.5, 0.6) is 0 Å². The fourth-order valence-electron chi connectivity index (χ4n) is 3.05. The van der Waals surface area contributed by atoms with Crippen molar-refractivity contribution in [2.75, 3.05) is 11.9 Å². The third kappa shape index (κ3) is 2.83. The Labute approximate surface area is 128 Å². The van der Waals surface area contributed by atoms with Crippen molar-refractivity contribution in [3.05, 3.63) is 75.8 Å². The zero-order valence-corrected chi connectivity index (χ0v) is 11.9. The van der Waals surface area contributed by atoms with Crippen LogP contribution in [0.4, 0.5) is 5.69 Å². The van der Waals surface area contributed by atoms with E-state index in [1.165, 1.54) is 0 Å². The predicted molar refractivity (Wildman–Crippen MR) is 83.3 cm³/mol. The van der Waals surface area contributed by atoms with E-state index in [0.29, 0.717) is 12.1 Å². The molecule has 112 valence electrons. The van der Waals surface area contributed by atoms with Gasteiger partial charge in [0.15, 0.2) is 0 Å². The normalized spacial score (nSPS) is 20.1. The zero-order valence-electron chi connectivity index (χ0n) is 11.9. The van der Waals surface area contributed by atoms with Crippen molar-refractivity contribution >= 4 is 11.6 Å². The first-order chi connectivity index (χ1) is 10.6. The summed E-state index contributed by atoms with van der Waals surface area (Å²) in [5.74, 6) is -0.975. The molecule has 0 fully saturated rings. The molecule has 0 aliphatic carbocycles. The lowest BCUT2D eigenvalue weighted by atomic mass is 9.78. The lowest BCUT2D eigenvalue weighted by Crippen LogP contribution is -2.37. The van der Waals surface area contributed by atoms with Crippen LogP contribution in [-0.4, -0.2) is 17.4 Å². The summed E-state index contributed by atoms with van der Waals surface area (Å²) in [6.07, 6.45) is 0.500. The predicted octanol–water partition coefficient (Wildman–Crippen LogP) is 2.86. The number of benzene rings is 2. The van der Waals surface area contributed by atoms with Crippen LogP contribution < -0.4 is 5.32 Å². The molecule has 0 radical (unpaired) electrons. The van der Waals surface area contributed by atoms with Gasteiger partial charge in [0.25, 0.3) is 0 Å². The zero-order chi connectivity index (χ0) is 15.5. The summed E-state index contributed by atoms with van der Waals surface area (Å²) in [5, 5.41) is 13.9. The molecule has 0 aromatic heterocycles. The molecule has 1 N–H and O–H groups in total. The highest BCUT2D eigenvalue weighted by molar-refractivity contribution is 5.96. The third-order valence-electron chi connectivity index (χ3n) is 4.08. The number of nitro groups is 1. The standard InChI is InChI=1S/C17H16N2O3/c20-17-14(10-12-6-2-1-3-7-12)15(11-19(21)22)13-8-4-5-9-16(13)18-17/h1-9,14-15H,10-11H2,(H,18,20)/t14-,15-/m0/s1. The van der Waals surface area contributed by atoms with Crippen molar-refractivity contribution in [2.45, 2.75) is 12.3 Å². The fraction of sp³-hybridized carbons (Fsp3) is 0.235. The van der Waals surface area contributed by atoms with Crippen LogP contribution in [0.1, 0.15) is 17.0 Å². The minimum absolute atomic E-state index is 0.144. The quantitative estimate of drug-likeness (QED) is 0.696. The van der Waals surface area contributed by atoms with E-state index in [0.717, 1.165) is 11.1 Å². The van der Waals surface area contributed by atoms with Gasteiger partial charge < -0.3 is 5.32 Å². The molecule has 0 saturated heterocycles. The molecule has 0 unspecified atom stereocenters. The molecule has 5 heteroatoms. The number of rotatable bonds is 4. The number of carbonyl (C=O) groups excluding carboxylic acids is 1. The van der Waals surface area contributed by atoms with Crippen LogP contribution >= 0.6 is 0 Å². The maximum atomic E-state index is 12.4. The molecule has 2 atom stereocenters. The first kappa shape index (κ1) is 14.3. The van der Waals surface area contributed by atoms with Crippen LogP contribution in [0.25, 0.3) is 0 Å². The second-order valence-corrected chi connectivity index (χ2v) is 5.49. The van der Waals surface area contributed by atoms with E-state index in [1.54, 1.807) is 6.07 Å². The molecule has 3 rings (SSSR count). The van der Waals surface area contributed by atoms with Crippen LogP contribution in [0.2, 0.25) is 0 Å². The number of para-hydroxylation sites is 1. The Hall–Kier alpha value is -2.69. The summed E-state index contributed by atoms with van der Waals surface area (Å²) in [7, 11) is 0. The summed E-state index contributed by atoms with van der Waals surface area (Å²) < 4.78 is 0. The summed E-state index contributed by atoms with van der Waals surface area (Å²) >= 11 is 0. The lowest BCUT2D eigenvalue weighted by Gasteiger charge is -2.30.